The fraction of sp³-hybridized carbons (Fsp3) is 0.278. The minimum Gasteiger partial charge on any atom is -0.342 e. The Labute approximate surface area is 149 Å². The lowest BCUT2D eigenvalue weighted by Gasteiger charge is -2.16. The number of amides is 2. The standard InChI is InChI=1S/C18H17ClFN3O2/c19-14-3-6-16(21-10-14)22-18(25)13-9-17(24)23(11-13)8-7-12-1-4-15(20)5-2-12/h1-6,10,13H,7-9,11H2,(H,21,22,25). The van der Waals surface area contributed by atoms with Gasteiger partial charge in [-0.15, -0.1) is 0 Å². The molecule has 1 N–H and O–H groups in total. The second-order valence-corrected chi connectivity index (χ2v) is 6.40. The molecule has 1 unspecified atom stereocenters. The summed E-state index contributed by atoms with van der Waals surface area (Å²) in [6, 6.07) is 9.45. The maximum atomic E-state index is 12.9. The van der Waals surface area contributed by atoms with Crippen LogP contribution in [0.3, 0.4) is 0 Å². The van der Waals surface area contributed by atoms with Gasteiger partial charge < -0.3 is 10.2 Å². The average molecular weight is 362 g/mol. The first-order valence-corrected chi connectivity index (χ1v) is 8.34. The van der Waals surface area contributed by atoms with Gasteiger partial charge in [-0.2, -0.15) is 0 Å². The van der Waals surface area contributed by atoms with E-state index in [1.807, 2.05) is 0 Å². The number of carbonyl (C=O) groups excluding carboxylic acids is 2. The van der Waals surface area contributed by atoms with Crippen molar-refractivity contribution in [3.8, 4) is 0 Å². The highest BCUT2D eigenvalue weighted by Crippen LogP contribution is 2.20. The Morgan fingerprint density at radius 3 is 2.72 bits per heavy atom. The van der Waals surface area contributed by atoms with E-state index in [0.717, 1.165) is 5.56 Å². The van der Waals surface area contributed by atoms with E-state index < -0.39 is 5.92 Å². The van der Waals surface area contributed by atoms with Crippen LogP contribution in [0, 0.1) is 11.7 Å². The van der Waals surface area contributed by atoms with E-state index in [1.54, 1.807) is 29.2 Å². The molecule has 0 saturated carbocycles. The van der Waals surface area contributed by atoms with Crippen molar-refractivity contribution in [3.05, 3.63) is 59.0 Å². The number of rotatable bonds is 5. The van der Waals surface area contributed by atoms with E-state index in [1.165, 1.54) is 18.3 Å². The zero-order valence-electron chi connectivity index (χ0n) is 13.4. The first-order chi connectivity index (χ1) is 12.0. The van der Waals surface area contributed by atoms with Gasteiger partial charge in [-0.25, -0.2) is 9.37 Å². The minimum atomic E-state index is -0.404. The van der Waals surface area contributed by atoms with Gasteiger partial charge in [-0.05, 0) is 36.2 Å². The highest BCUT2D eigenvalue weighted by molar-refractivity contribution is 6.30. The third kappa shape index (κ3) is 4.54. The van der Waals surface area contributed by atoms with Crippen molar-refractivity contribution in [2.24, 2.45) is 5.92 Å². The Bertz CT molecular complexity index is 765. The molecule has 2 amide bonds. The molecule has 5 nitrogen and oxygen atoms in total. The quantitative estimate of drug-likeness (QED) is 0.890. The van der Waals surface area contributed by atoms with Gasteiger partial charge in [-0.3, -0.25) is 9.59 Å². The van der Waals surface area contributed by atoms with Crippen LogP contribution in [0.25, 0.3) is 0 Å². The number of carbonyl (C=O) groups is 2. The topological polar surface area (TPSA) is 62.3 Å². The maximum absolute atomic E-state index is 12.9. The van der Waals surface area contributed by atoms with Gasteiger partial charge in [0.25, 0.3) is 0 Å². The fourth-order valence-electron chi connectivity index (χ4n) is 2.76. The third-order valence-electron chi connectivity index (χ3n) is 4.15. The highest BCUT2D eigenvalue weighted by Gasteiger charge is 2.34. The summed E-state index contributed by atoms with van der Waals surface area (Å²) in [5.74, 6) is -0.558. The van der Waals surface area contributed by atoms with E-state index in [4.69, 9.17) is 11.6 Å². The van der Waals surface area contributed by atoms with Crippen LogP contribution < -0.4 is 5.32 Å². The summed E-state index contributed by atoms with van der Waals surface area (Å²) in [5, 5.41) is 3.19. The Morgan fingerprint density at radius 1 is 1.28 bits per heavy atom. The average Bonchev–Trinajstić information content (AvgIpc) is 2.97. The molecule has 1 aliphatic rings. The summed E-state index contributed by atoms with van der Waals surface area (Å²) in [6.07, 6.45) is 2.26. The van der Waals surface area contributed by atoms with Gasteiger partial charge in [0.15, 0.2) is 0 Å². The van der Waals surface area contributed by atoms with Crippen LogP contribution in [0.1, 0.15) is 12.0 Å². The van der Waals surface area contributed by atoms with Crippen LogP contribution in [0.4, 0.5) is 10.2 Å². The molecule has 1 fully saturated rings. The predicted molar refractivity (Wildman–Crippen MR) is 92.7 cm³/mol. The monoisotopic (exact) mass is 361 g/mol. The first-order valence-electron chi connectivity index (χ1n) is 7.96. The summed E-state index contributed by atoms with van der Waals surface area (Å²) in [4.78, 5) is 30.1. The number of likely N-dealkylation sites (tertiary alicyclic amines) is 1. The number of nitrogens with one attached hydrogen (secondary N) is 1. The lowest BCUT2D eigenvalue weighted by atomic mass is 10.1. The number of hydrogen-bond donors (Lipinski definition) is 1. The van der Waals surface area contributed by atoms with Gasteiger partial charge in [-0.1, -0.05) is 23.7 Å². The number of nitrogens with zero attached hydrogens (tertiary/aromatic N) is 2. The Balaban J connectivity index is 1.53. The molecule has 2 heterocycles. The smallest absolute Gasteiger partial charge is 0.230 e. The summed E-state index contributed by atoms with van der Waals surface area (Å²) in [7, 11) is 0. The summed E-state index contributed by atoms with van der Waals surface area (Å²) < 4.78 is 12.9. The van der Waals surface area contributed by atoms with E-state index in [9.17, 15) is 14.0 Å². The number of hydrogen-bond acceptors (Lipinski definition) is 3. The van der Waals surface area contributed by atoms with Crippen LogP contribution in [0.15, 0.2) is 42.6 Å². The molecule has 2 aromatic rings. The molecule has 1 aliphatic heterocycles. The summed E-state index contributed by atoms with van der Waals surface area (Å²) >= 11 is 5.76. The number of anilines is 1. The number of benzene rings is 1. The van der Waals surface area contributed by atoms with Crippen LogP contribution >= 0.6 is 11.6 Å². The zero-order valence-corrected chi connectivity index (χ0v) is 14.2. The molecule has 0 bridgehead atoms. The van der Waals surface area contributed by atoms with Crippen LogP contribution in [-0.2, 0) is 16.0 Å². The Morgan fingerprint density at radius 2 is 2.04 bits per heavy atom. The van der Waals surface area contributed by atoms with E-state index in [-0.39, 0.29) is 24.1 Å². The molecule has 0 spiro atoms. The molecular formula is C18H17ClFN3O2. The molecule has 3 rings (SSSR count). The molecule has 0 radical (unpaired) electrons. The first kappa shape index (κ1) is 17.4. The lowest BCUT2D eigenvalue weighted by Crippen LogP contribution is -2.30. The molecule has 1 atom stereocenters. The van der Waals surface area contributed by atoms with Gasteiger partial charge in [0.1, 0.15) is 11.6 Å². The van der Waals surface area contributed by atoms with Gasteiger partial charge in [0, 0.05) is 25.7 Å². The second-order valence-electron chi connectivity index (χ2n) is 5.97. The fourth-order valence-corrected chi connectivity index (χ4v) is 2.87. The predicted octanol–water partition coefficient (Wildman–Crippen LogP) is 2.90. The van der Waals surface area contributed by atoms with E-state index in [0.29, 0.717) is 30.4 Å². The van der Waals surface area contributed by atoms with Crippen molar-refractivity contribution in [2.45, 2.75) is 12.8 Å². The molecule has 1 saturated heterocycles. The molecule has 7 heteroatoms. The van der Waals surface area contributed by atoms with Crippen molar-refractivity contribution in [3.63, 3.8) is 0 Å². The number of halogens is 2. The molecule has 0 aliphatic carbocycles. The summed E-state index contributed by atoms with van der Waals surface area (Å²) in [5.41, 5.74) is 0.951. The van der Waals surface area contributed by atoms with Crippen molar-refractivity contribution in [1.82, 2.24) is 9.88 Å². The molecular weight excluding hydrogens is 345 g/mol. The molecule has 130 valence electrons. The van der Waals surface area contributed by atoms with Gasteiger partial charge in [0.05, 0.1) is 10.9 Å². The number of aromatic nitrogens is 1. The largest absolute Gasteiger partial charge is 0.342 e. The summed E-state index contributed by atoms with van der Waals surface area (Å²) in [6.45, 7) is 0.882. The zero-order chi connectivity index (χ0) is 17.8. The third-order valence-corrected chi connectivity index (χ3v) is 4.37. The number of pyridine rings is 1. The Hall–Kier alpha value is -2.47. The minimum absolute atomic E-state index is 0.0497. The van der Waals surface area contributed by atoms with Crippen LogP contribution in [0.2, 0.25) is 5.02 Å². The van der Waals surface area contributed by atoms with E-state index in [2.05, 4.69) is 10.3 Å². The van der Waals surface area contributed by atoms with Crippen LogP contribution in [0.5, 0.6) is 0 Å². The van der Waals surface area contributed by atoms with Crippen molar-refractivity contribution in [2.75, 3.05) is 18.4 Å². The highest BCUT2D eigenvalue weighted by atomic mass is 35.5. The molecule has 1 aromatic heterocycles. The Kier molecular flexibility index (Phi) is 5.28. The van der Waals surface area contributed by atoms with Crippen molar-refractivity contribution < 1.29 is 14.0 Å². The maximum Gasteiger partial charge on any atom is 0.230 e. The second kappa shape index (κ2) is 7.61. The lowest BCUT2D eigenvalue weighted by molar-refractivity contribution is -0.128. The van der Waals surface area contributed by atoms with Gasteiger partial charge in [0.2, 0.25) is 11.8 Å². The van der Waals surface area contributed by atoms with Crippen LogP contribution in [-0.4, -0.2) is 34.8 Å². The molecule has 1 aromatic carbocycles. The molecule has 25 heavy (non-hydrogen) atoms. The van der Waals surface area contributed by atoms with E-state index >= 15 is 0 Å². The van der Waals surface area contributed by atoms with Crippen molar-refractivity contribution in [1.29, 1.82) is 0 Å². The SMILES string of the molecule is O=C(Nc1ccc(Cl)cn1)C1CC(=O)N(CCc2ccc(F)cc2)C1. The van der Waals surface area contributed by atoms with Crippen molar-refractivity contribution >= 4 is 29.2 Å². The normalized spacial score (nSPS) is 17.0. The van der Waals surface area contributed by atoms with Gasteiger partial charge >= 0.3 is 0 Å².